The van der Waals surface area contributed by atoms with Crippen molar-refractivity contribution in [3.63, 3.8) is 0 Å². The third-order valence-electron chi connectivity index (χ3n) is 4.24. The first kappa shape index (κ1) is 13.1. The first-order valence-electron chi connectivity index (χ1n) is 7.14. The van der Waals surface area contributed by atoms with Gasteiger partial charge >= 0.3 is 5.69 Å². The number of rotatable bonds is 7. The van der Waals surface area contributed by atoms with Gasteiger partial charge in [0.1, 0.15) is 6.20 Å². The predicted molar refractivity (Wildman–Crippen MR) is 75.7 cm³/mol. The summed E-state index contributed by atoms with van der Waals surface area (Å²) in [6.45, 7) is 3.40. The van der Waals surface area contributed by atoms with Gasteiger partial charge in [-0.15, -0.1) is 0 Å². The van der Waals surface area contributed by atoms with Gasteiger partial charge < -0.3 is 10.6 Å². The number of anilines is 2. The summed E-state index contributed by atoms with van der Waals surface area (Å²) in [6.07, 6.45) is 6.32. The van der Waals surface area contributed by atoms with E-state index in [1.807, 2.05) is 6.92 Å². The van der Waals surface area contributed by atoms with E-state index in [9.17, 15) is 10.1 Å². The highest BCUT2D eigenvalue weighted by Gasteiger charge is 2.53. The minimum Gasteiger partial charge on any atom is -0.364 e. The third-order valence-corrected chi connectivity index (χ3v) is 4.24. The first-order valence-corrected chi connectivity index (χ1v) is 7.14. The Hall–Kier alpha value is -1.92. The largest absolute Gasteiger partial charge is 0.364 e. The molecule has 3 rings (SSSR count). The molecule has 0 atom stereocenters. The third kappa shape index (κ3) is 2.52. The molecule has 2 fully saturated rings. The molecular weight excluding hydrogens is 258 g/mol. The van der Waals surface area contributed by atoms with Crippen molar-refractivity contribution in [1.82, 2.24) is 9.97 Å². The van der Waals surface area contributed by atoms with E-state index in [0.717, 1.165) is 12.5 Å². The van der Waals surface area contributed by atoms with Gasteiger partial charge in [0, 0.05) is 13.1 Å². The van der Waals surface area contributed by atoms with Crippen LogP contribution in [0.1, 0.15) is 32.6 Å². The van der Waals surface area contributed by atoms with Crippen LogP contribution in [-0.2, 0) is 0 Å². The van der Waals surface area contributed by atoms with Gasteiger partial charge in [0.25, 0.3) is 0 Å². The topological polar surface area (TPSA) is 93.0 Å². The van der Waals surface area contributed by atoms with Crippen LogP contribution in [-0.4, -0.2) is 28.0 Å². The van der Waals surface area contributed by atoms with E-state index in [-0.39, 0.29) is 5.69 Å². The van der Waals surface area contributed by atoms with Gasteiger partial charge in [-0.2, -0.15) is 4.98 Å². The Morgan fingerprint density at radius 3 is 2.75 bits per heavy atom. The van der Waals surface area contributed by atoms with Crippen LogP contribution in [0.4, 0.5) is 17.5 Å². The second-order valence-corrected chi connectivity index (χ2v) is 5.71. The van der Waals surface area contributed by atoms with E-state index in [2.05, 4.69) is 20.6 Å². The minimum atomic E-state index is -0.436. The van der Waals surface area contributed by atoms with Crippen LogP contribution >= 0.6 is 0 Å². The standard InChI is InChI=1S/C13H19N5O2/c1-2-14-12-15-7-10(18(19)20)11(17-12)16-8-13(5-6-13)9-3-4-9/h7,9H,2-6,8H2,1H3,(H2,14,15,16,17). The number of nitro groups is 1. The zero-order valence-corrected chi connectivity index (χ0v) is 11.6. The molecule has 2 saturated carbocycles. The molecule has 0 amide bonds. The van der Waals surface area contributed by atoms with E-state index in [0.29, 0.717) is 23.7 Å². The molecule has 1 aromatic heterocycles. The Morgan fingerprint density at radius 2 is 2.20 bits per heavy atom. The van der Waals surface area contributed by atoms with Crippen LogP contribution in [0.15, 0.2) is 6.20 Å². The number of nitrogens with one attached hydrogen (secondary N) is 2. The summed E-state index contributed by atoms with van der Waals surface area (Å²) in [5.74, 6) is 1.56. The molecule has 2 aliphatic carbocycles. The summed E-state index contributed by atoms with van der Waals surface area (Å²) < 4.78 is 0. The summed E-state index contributed by atoms with van der Waals surface area (Å²) in [5, 5.41) is 17.2. The lowest BCUT2D eigenvalue weighted by Gasteiger charge is -2.15. The summed E-state index contributed by atoms with van der Waals surface area (Å²) in [6, 6.07) is 0. The van der Waals surface area contributed by atoms with Crippen molar-refractivity contribution in [2.75, 3.05) is 23.7 Å². The van der Waals surface area contributed by atoms with Crippen molar-refractivity contribution >= 4 is 17.5 Å². The molecule has 2 aliphatic rings. The average molecular weight is 277 g/mol. The van der Waals surface area contributed by atoms with Gasteiger partial charge in [-0.1, -0.05) is 0 Å². The molecule has 7 nitrogen and oxygen atoms in total. The molecule has 1 heterocycles. The molecule has 2 N–H and O–H groups in total. The molecule has 0 aliphatic heterocycles. The van der Waals surface area contributed by atoms with Crippen LogP contribution in [0.3, 0.4) is 0 Å². The maximum atomic E-state index is 11.0. The molecule has 0 saturated heterocycles. The normalized spacial score (nSPS) is 19.4. The molecule has 7 heteroatoms. The Morgan fingerprint density at radius 1 is 1.45 bits per heavy atom. The highest BCUT2D eigenvalue weighted by atomic mass is 16.6. The van der Waals surface area contributed by atoms with Crippen molar-refractivity contribution in [2.24, 2.45) is 11.3 Å². The van der Waals surface area contributed by atoms with Gasteiger partial charge in [0.2, 0.25) is 11.8 Å². The second-order valence-electron chi connectivity index (χ2n) is 5.71. The SMILES string of the molecule is CCNc1ncc([N+](=O)[O-])c(NCC2(C3CC3)CC2)n1. The van der Waals surface area contributed by atoms with Gasteiger partial charge in [0.05, 0.1) is 4.92 Å². The molecule has 0 unspecified atom stereocenters. The van der Waals surface area contributed by atoms with Gasteiger partial charge in [-0.3, -0.25) is 10.1 Å². The van der Waals surface area contributed by atoms with Crippen LogP contribution in [0.25, 0.3) is 0 Å². The molecule has 0 bridgehead atoms. The van der Waals surface area contributed by atoms with E-state index in [1.54, 1.807) is 0 Å². The van der Waals surface area contributed by atoms with Crippen LogP contribution in [0.5, 0.6) is 0 Å². The van der Waals surface area contributed by atoms with E-state index >= 15 is 0 Å². The minimum absolute atomic E-state index is 0.0572. The van der Waals surface area contributed by atoms with Crippen LogP contribution in [0, 0.1) is 21.4 Å². The number of aromatic nitrogens is 2. The number of hydrogen-bond acceptors (Lipinski definition) is 6. The summed E-state index contributed by atoms with van der Waals surface area (Å²) in [5.41, 5.74) is 0.315. The second kappa shape index (κ2) is 4.88. The molecular formula is C13H19N5O2. The monoisotopic (exact) mass is 277 g/mol. The fourth-order valence-electron chi connectivity index (χ4n) is 2.73. The first-order chi connectivity index (χ1) is 9.64. The van der Waals surface area contributed by atoms with E-state index in [1.165, 1.54) is 31.9 Å². The lowest BCUT2D eigenvalue weighted by Crippen LogP contribution is -2.19. The Kier molecular flexibility index (Phi) is 3.19. The molecule has 108 valence electrons. The van der Waals surface area contributed by atoms with Crippen molar-refractivity contribution < 1.29 is 4.92 Å². The highest BCUT2D eigenvalue weighted by Crippen LogP contribution is 2.61. The molecule has 0 radical (unpaired) electrons. The summed E-state index contributed by atoms with van der Waals surface area (Å²) in [4.78, 5) is 18.8. The Balaban J connectivity index is 1.75. The van der Waals surface area contributed by atoms with Crippen molar-refractivity contribution in [2.45, 2.75) is 32.6 Å². The lowest BCUT2D eigenvalue weighted by molar-refractivity contribution is -0.384. The number of nitrogens with zero attached hydrogens (tertiary/aromatic N) is 3. The Bertz CT molecular complexity index is 525. The van der Waals surface area contributed by atoms with Gasteiger partial charge in [-0.25, -0.2) is 4.98 Å². The maximum Gasteiger partial charge on any atom is 0.329 e. The smallest absolute Gasteiger partial charge is 0.329 e. The van der Waals surface area contributed by atoms with Crippen molar-refractivity contribution in [3.05, 3.63) is 16.3 Å². The quantitative estimate of drug-likeness (QED) is 0.587. The van der Waals surface area contributed by atoms with Crippen LogP contribution in [0.2, 0.25) is 0 Å². The Labute approximate surface area is 117 Å². The molecule has 0 aromatic carbocycles. The zero-order valence-electron chi connectivity index (χ0n) is 11.6. The molecule has 1 aromatic rings. The number of hydrogen-bond donors (Lipinski definition) is 2. The van der Waals surface area contributed by atoms with Gasteiger partial charge in [0.15, 0.2) is 0 Å². The highest BCUT2D eigenvalue weighted by molar-refractivity contribution is 5.57. The van der Waals surface area contributed by atoms with Crippen molar-refractivity contribution in [3.8, 4) is 0 Å². The van der Waals surface area contributed by atoms with E-state index in [4.69, 9.17) is 0 Å². The maximum absolute atomic E-state index is 11.0. The fourth-order valence-corrected chi connectivity index (χ4v) is 2.73. The summed E-state index contributed by atoms with van der Waals surface area (Å²) >= 11 is 0. The fraction of sp³-hybridized carbons (Fsp3) is 0.692. The van der Waals surface area contributed by atoms with Crippen LogP contribution < -0.4 is 10.6 Å². The lowest BCUT2D eigenvalue weighted by atomic mass is 10.0. The van der Waals surface area contributed by atoms with Crippen molar-refractivity contribution in [1.29, 1.82) is 0 Å². The summed E-state index contributed by atoms with van der Waals surface area (Å²) in [7, 11) is 0. The van der Waals surface area contributed by atoms with Gasteiger partial charge in [-0.05, 0) is 43.9 Å². The van der Waals surface area contributed by atoms with E-state index < -0.39 is 4.92 Å². The zero-order chi connectivity index (χ0) is 14.2. The average Bonchev–Trinajstić information content (AvgIpc) is 3.28. The predicted octanol–water partition coefficient (Wildman–Crippen LogP) is 2.42. The molecule has 20 heavy (non-hydrogen) atoms. The molecule has 0 spiro atoms.